The third kappa shape index (κ3) is 3.25. The van der Waals surface area contributed by atoms with E-state index in [0.29, 0.717) is 10.6 Å². The van der Waals surface area contributed by atoms with E-state index in [-0.39, 0.29) is 0 Å². The summed E-state index contributed by atoms with van der Waals surface area (Å²) in [5.74, 6) is 0.307. The van der Waals surface area contributed by atoms with Crippen LogP contribution in [0.5, 0.6) is 5.75 Å². The fourth-order valence-corrected chi connectivity index (χ4v) is 0.836. The van der Waals surface area contributed by atoms with Crippen molar-refractivity contribution in [3.63, 3.8) is 0 Å². The Kier molecular flexibility index (Phi) is 4.06. The van der Waals surface area contributed by atoms with Crippen molar-refractivity contribution >= 4 is 20.0 Å². The van der Waals surface area contributed by atoms with E-state index in [1.54, 1.807) is 24.3 Å². The minimum absolute atomic E-state index is 0.307. The summed E-state index contributed by atoms with van der Waals surface area (Å²) in [5, 5.41) is 16.5. The lowest BCUT2D eigenvalue weighted by molar-refractivity contribution is -0.229. The second kappa shape index (κ2) is 5.10. The second-order valence-corrected chi connectivity index (χ2v) is 2.54. The van der Waals surface area contributed by atoms with Crippen LogP contribution in [0.3, 0.4) is 0 Å². The van der Waals surface area contributed by atoms with Gasteiger partial charge in [-0.05, 0) is 12.1 Å². The minimum atomic E-state index is -1.84. The number of rotatable bonds is 4. The van der Waals surface area contributed by atoms with Gasteiger partial charge in [0.05, 0.1) is 4.90 Å². The molecule has 0 spiro atoms. The highest BCUT2D eigenvalue weighted by molar-refractivity contribution is 7.80. The SMILES string of the molecule is OOB(O)OOc1ccccc1S. The molecule has 1 aromatic rings. The number of para-hydroxylation sites is 1. The van der Waals surface area contributed by atoms with Crippen molar-refractivity contribution in [3.05, 3.63) is 24.3 Å². The standard InChI is InChI=1S/C6H7BO5S/c8-7(11-9)12-10-5-3-1-2-4-6(5)13/h1-4,8-9,13H. The van der Waals surface area contributed by atoms with Crippen LogP contribution in [0.25, 0.3) is 0 Å². The molecule has 0 aromatic heterocycles. The average molecular weight is 202 g/mol. The highest BCUT2D eigenvalue weighted by Crippen LogP contribution is 2.21. The Bertz CT molecular complexity index is 271. The van der Waals surface area contributed by atoms with Gasteiger partial charge in [0.25, 0.3) is 0 Å². The first-order valence-corrected chi connectivity index (χ1v) is 3.78. The topological polar surface area (TPSA) is 68.2 Å². The number of hydrogen-bond acceptors (Lipinski definition) is 6. The Labute approximate surface area is 80.3 Å². The molecule has 0 bridgehead atoms. The Balaban J connectivity index is 2.50. The lowest BCUT2D eigenvalue weighted by Gasteiger charge is -2.06. The molecule has 0 heterocycles. The smallest absolute Gasteiger partial charge is 0.398 e. The maximum Gasteiger partial charge on any atom is 0.703 e. The molecule has 7 heteroatoms. The average Bonchev–Trinajstić information content (AvgIpc) is 2.16. The monoisotopic (exact) mass is 202 g/mol. The first-order valence-electron chi connectivity index (χ1n) is 3.33. The fraction of sp³-hybridized carbons (Fsp3) is 0. The first-order chi connectivity index (χ1) is 6.24. The molecule has 0 aliphatic rings. The van der Waals surface area contributed by atoms with E-state index < -0.39 is 7.32 Å². The number of benzene rings is 1. The van der Waals surface area contributed by atoms with Gasteiger partial charge in [-0.25, -0.2) is 4.81 Å². The Morgan fingerprint density at radius 1 is 1.31 bits per heavy atom. The van der Waals surface area contributed by atoms with Crippen LogP contribution < -0.4 is 4.89 Å². The highest BCUT2D eigenvalue weighted by atomic mass is 32.1. The molecule has 0 aliphatic heterocycles. The van der Waals surface area contributed by atoms with Crippen LogP contribution in [-0.4, -0.2) is 17.6 Å². The van der Waals surface area contributed by atoms with E-state index in [1.165, 1.54) is 0 Å². The predicted octanol–water partition coefficient (Wildman–Crippen LogP) is 0.752. The number of hydrogen-bond donors (Lipinski definition) is 3. The van der Waals surface area contributed by atoms with Gasteiger partial charge in [0, 0.05) is 0 Å². The second-order valence-electron chi connectivity index (χ2n) is 2.06. The summed E-state index contributed by atoms with van der Waals surface area (Å²) in [5.41, 5.74) is 0. The molecule has 1 rings (SSSR count). The van der Waals surface area contributed by atoms with Crippen LogP contribution in [0, 0.1) is 0 Å². The van der Waals surface area contributed by atoms with E-state index >= 15 is 0 Å². The maximum atomic E-state index is 8.57. The molecule has 70 valence electrons. The zero-order chi connectivity index (χ0) is 9.68. The first kappa shape index (κ1) is 10.4. The Morgan fingerprint density at radius 2 is 2.00 bits per heavy atom. The van der Waals surface area contributed by atoms with Crippen molar-refractivity contribution in [1.82, 2.24) is 0 Å². The third-order valence-corrected chi connectivity index (χ3v) is 1.55. The molecule has 0 atom stereocenters. The molecule has 0 amide bonds. The Hall–Kier alpha value is -0.725. The lowest BCUT2D eigenvalue weighted by Crippen LogP contribution is -2.22. The van der Waals surface area contributed by atoms with Gasteiger partial charge in [-0.1, -0.05) is 12.1 Å². The largest absolute Gasteiger partial charge is 0.703 e. The van der Waals surface area contributed by atoms with Gasteiger partial charge in [-0.15, -0.1) is 12.6 Å². The van der Waals surface area contributed by atoms with Crippen molar-refractivity contribution in [3.8, 4) is 5.75 Å². The van der Waals surface area contributed by atoms with E-state index in [9.17, 15) is 0 Å². The van der Waals surface area contributed by atoms with Crippen molar-refractivity contribution in [2.75, 3.05) is 0 Å². The fourth-order valence-electron chi connectivity index (χ4n) is 0.638. The molecule has 0 aliphatic carbocycles. The molecule has 0 unspecified atom stereocenters. The molecule has 1 aromatic carbocycles. The van der Waals surface area contributed by atoms with Gasteiger partial charge < -0.3 is 9.91 Å². The maximum absolute atomic E-state index is 8.57. The van der Waals surface area contributed by atoms with E-state index in [0.717, 1.165) is 0 Å². The van der Waals surface area contributed by atoms with E-state index in [2.05, 4.69) is 27.1 Å². The number of thiol groups is 1. The van der Waals surface area contributed by atoms with Gasteiger partial charge in [0.2, 0.25) is 0 Å². The third-order valence-electron chi connectivity index (χ3n) is 1.18. The minimum Gasteiger partial charge on any atom is -0.398 e. The summed E-state index contributed by atoms with van der Waals surface area (Å²) in [4.78, 5) is 12.7. The molecular weight excluding hydrogens is 195 g/mol. The van der Waals surface area contributed by atoms with Gasteiger partial charge >= 0.3 is 7.32 Å². The van der Waals surface area contributed by atoms with Crippen LogP contribution in [0.4, 0.5) is 0 Å². The molecule has 13 heavy (non-hydrogen) atoms. The quantitative estimate of drug-likeness (QED) is 0.291. The summed E-state index contributed by atoms with van der Waals surface area (Å²) in [6, 6.07) is 6.71. The molecule has 2 N–H and O–H groups in total. The lowest BCUT2D eigenvalue weighted by atomic mass is 10.3. The molecule has 0 saturated heterocycles. The zero-order valence-electron chi connectivity index (χ0n) is 6.45. The van der Waals surface area contributed by atoms with Crippen LogP contribution in [0.2, 0.25) is 0 Å². The zero-order valence-corrected chi connectivity index (χ0v) is 7.35. The van der Waals surface area contributed by atoms with E-state index in [4.69, 9.17) is 10.3 Å². The molecule has 0 fully saturated rings. The summed E-state index contributed by atoms with van der Waals surface area (Å²) < 4.78 is 0. The van der Waals surface area contributed by atoms with Crippen LogP contribution in [0.1, 0.15) is 0 Å². The predicted molar refractivity (Wildman–Crippen MR) is 47.1 cm³/mol. The summed E-state index contributed by atoms with van der Waals surface area (Å²) in [7, 11) is -1.84. The molecule has 0 radical (unpaired) electrons. The van der Waals surface area contributed by atoms with E-state index in [1.807, 2.05) is 0 Å². The highest BCUT2D eigenvalue weighted by Gasteiger charge is 2.18. The van der Waals surface area contributed by atoms with Crippen molar-refractivity contribution in [2.45, 2.75) is 4.90 Å². The normalized spacial score (nSPS) is 9.77. The molecule has 5 nitrogen and oxygen atoms in total. The van der Waals surface area contributed by atoms with Crippen LogP contribution in [-0.2, 0) is 9.61 Å². The van der Waals surface area contributed by atoms with Crippen LogP contribution >= 0.6 is 12.6 Å². The van der Waals surface area contributed by atoms with Crippen molar-refractivity contribution in [1.29, 1.82) is 0 Å². The van der Waals surface area contributed by atoms with Crippen molar-refractivity contribution in [2.24, 2.45) is 0 Å². The summed E-state index contributed by atoms with van der Waals surface area (Å²) >= 11 is 4.04. The summed E-state index contributed by atoms with van der Waals surface area (Å²) in [6.07, 6.45) is 0. The van der Waals surface area contributed by atoms with Crippen LogP contribution in [0.15, 0.2) is 29.2 Å². The van der Waals surface area contributed by atoms with Crippen molar-refractivity contribution < 1.29 is 24.8 Å². The van der Waals surface area contributed by atoms with Gasteiger partial charge in [-0.2, -0.15) is 4.81 Å². The molecule has 0 saturated carbocycles. The molecular formula is C6H7BO5S. The van der Waals surface area contributed by atoms with Gasteiger partial charge in [0.15, 0.2) is 5.75 Å². The van der Waals surface area contributed by atoms with Gasteiger partial charge in [-0.3, -0.25) is 5.26 Å². The van der Waals surface area contributed by atoms with Gasteiger partial charge in [0.1, 0.15) is 0 Å². The summed E-state index contributed by atoms with van der Waals surface area (Å²) in [6.45, 7) is 0. The Morgan fingerprint density at radius 3 is 2.62 bits per heavy atom.